The molecule has 28 heavy (non-hydrogen) atoms. The molecule has 0 nitrogen and oxygen atoms in total. The minimum atomic E-state index is -0.278. The van der Waals surface area contributed by atoms with Gasteiger partial charge >= 0.3 is 0 Å². The second-order valence-corrected chi connectivity index (χ2v) is 7.99. The molecule has 4 aromatic carbocycles. The second-order valence-electron chi connectivity index (χ2n) is 7.99. The van der Waals surface area contributed by atoms with E-state index >= 15 is 0 Å². The zero-order valence-electron chi connectivity index (χ0n) is 16.4. The third kappa shape index (κ3) is 2.31. The Labute approximate surface area is 167 Å². The molecule has 0 spiro atoms. The van der Waals surface area contributed by atoms with Gasteiger partial charge in [0.2, 0.25) is 0 Å². The highest BCUT2D eigenvalue weighted by molar-refractivity contribution is 5.86. The van der Waals surface area contributed by atoms with Gasteiger partial charge in [-0.3, -0.25) is 0 Å². The first-order chi connectivity index (χ1) is 13.7. The largest absolute Gasteiger partial charge is 0.0713 e. The quantitative estimate of drug-likeness (QED) is 0.320. The molecular weight excluding hydrogens is 336 g/mol. The molecule has 0 N–H and O–H groups in total. The van der Waals surface area contributed by atoms with Gasteiger partial charge in [-0.05, 0) is 44.9 Å². The molecule has 0 radical (unpaired) electrons. The maximum Gasteiger partial charge on any atom is 0.0713 e. The first kappa shape index (κ1) is 17.0. The van der Waals surface area contributed by atoms with Crippen LogP contribution in [-0.4, -0.2) is 0 Å². The van der Waals surface area contributed by atoms with E-state index in [1.165, 1.54) is 38.9 Å². The second kappa shape index (κ2) is 6.49. The van der Waals surface area contributed by atoms with Crippen molar-refractivity contribution in [2.75, 3.05) is 0 Å². The molecular formula is C28H24. The van der Waals surface area contributed by atoms with E-state index in [4.69, 9.17) is 0 Å². The summed E-state index contributed by atoms with van der Waals surface area (Å²) in [4.78, 5) is 0. The van der Waals surface area contributed by atoms with E-state index in [0.29, 0.717) is 5.92 Å². The van der Waals surface area contributed by atoms with Crippen LogP contribution in [0.15, 0.2) is 103 Å². The Morgan fingerprint density at radius 3 is 1.68 bits per heavy atom. The van der Waals surface area contributed by atoms with E-state index in [0.717, 1.165) is 0 Å². The lowest BCUT2D eigenvalue weighted by atomic mass is 9.67. The molecule has 0 heteroatoms. The fourth-order valence-electron chi connectivity index (χ4n) is 4.82. The summed E-state index contributed by atoms with van der Waals surface area (Å²) in [6.07, 6.45) is 0. The van der Waals surface area contributed by atoms with E-state index in [2.05, 4.69) is 117 Å². The summed E-state index contributed by atoms with van der Waals surface area (Å²) < 4.78 is 0. The lowest BCUT2D eigenvalue weighted by Gasteiger charge is -2.34. The van der Waals surface area contributed by atoms with Crippen LogP contribution < -0.4 is 0 Å². The van der Waals surface area contributed by atoms with Gasteiger partial charge < -0.3 is 0 Å². The van der Waals surface area contributed by atoms with Crippen LogP contribution >= 0.6 is 0 Å². The fraction of sp³-hybridized carbons (Fsp3) is 0.143. The van der Waals surface area contributed by atoms with Crippen molar-refractivity contribution < 1.29 is 0 Å². The van der Waals surface area contributed by atoms with E-state index in [-0.39, 0.29) is 5.41 Å². The van der Waals surface area contributed by atoms with Crippen LogP contribution in [0.4, 0.5) is 0 Å². The predicted octanol–water partition coefficient (Wildman–Crippen LogP) is 7.17. The molecule has 5 rings (SSSR count). The van der Waals surface area contributed by atoms with Crippen molar-refractivity contribution in [2.24, 2.45) is 0 Å². The third-order valence-corrected chi connectivity index (χ3v) is 6.15. The molecule has 1 aliphatic rings. The van der Waals surface area contributed by atoms with Gasteiger partial charge in [-0.1, -0.05) is 117 Å². The highest BCUT2D eigenvalue weighted by Crippen LogP contribution is 2.56. The molecule has 0 heterocycles. The van der Waals surface area contributed by atoms with Crippen molar-refractivity contribution >= 4 is 0 Å². The Bertz CT molecular complexity index is 1080. The van der Waals surface area contributed by atoms with Gasteiger partial charge in [-0.25, -0.2) is 0 Å². The van der Waals surface area contributed by atoms with Crippen molar-refractivity contribution in [1.29, 1.82) is 0 Å². The van der Waals surface area contributed by atoms with E-state index in [1.54, 1.807) is 0 Å². The van der Waals surface area contributed by atoms with Crippen molar-refractivity contribution in [1.82, 2.24) is 0 Å². The molecule has 0 saturated carbocycles. The summed E-state index contributed by atoms with van der Waals surface area (Å²) >= 11 is 0. The molecule has 0 aliphatic heterocycles. The van der Waals surface area contributed by atoms with E-state index < -0.39 is 0 Å². The first-order valence-corrected chi connectivity index (χ1v) is 10.1. The summed E-state index contributed by atoms with van der Waals surface area (Å²) in [5.74, 6) is 0.498. The van der Waals surface area contributed by atoms with Gasteiger partial charge in [-0.2, -0.15) is 0 Å². The van der Waals surface area contributed by atoms with Crippen LogP contribution in [0.5, 0.6) is 0 Å². The zero-order chi connectivity index (χ0) is 19.1. The predicted molar refractivity (Wildman–Crippen MR) is 118 cm³/mol. The Morgan fingerprint density at radius 1 is 0.536 bits per heavy atom. The van der Waals surface area contributed by atoms with Crippen molar-refractivity contribution in [3.63, 3.8) is 0 Å². The molecule has 0 atom stereocenters. The van der Waals surface area contributed by atoms with Crippen LogP contribution in [0, 0.1) is 0 Å². The average molecular weight is 361 g/mol. The van der Waals surface area contributed by atoms with E-state index in [1.807, 2.05) is 0 Å². The zero-order valence-corrected chi connectivity index (χ0v) is 16.4. The van der Waals surface area contributed by atoms with Gasteiger partial charge in [0.25, 0.3) is 0 Å². The molecule has 4 aromatic rings. The molecule has 0 fully saturated rings. The van der Waals surface area contributed by atoms with Crippen LogP contribution in [0.3, 0.4) is 0 Å². The molecule has 0 unspecified atom stereocenters. The first-order valence-electron chi connectivity index (χ1n) is 10.1. The SMILES string of the molecule is CC(C)c1ccc2c(c1)C(c1ccccc1)(c1ccccc1)c1ccccc1-2. The minimum Gasteiger partial charge on any atom is -0.0622 e. The van der Waals surface area contributed by atoms with Crippen LogP contribution in [0.25, 0.3) is 11.1 Å². The molecule has 0 saturated heterocycles. The van der Waals surface area contributed by atoms with Crippen molar-refractivity contribution in [2.45, 2.75) is 25.2 Å². The summed E-state index contributed by atoms with van der Waals surface area (Å²) in [6, 6.07) is 38.0. The van der Waals surface area contributed by atoms with Gasteiger partial charge in [0.05, 0.1) is 5.41 Å². The third-order valence-electron chi connectivity index (χ3n) is 6.15. The Hall–Kier alpha value is -3.12. The number of benzene rings is 4. The van der Waals surface area contributed by atoms with Crippen LogP contribution in [-0.2, 0) is 5.41 Å². The maximum absolute atomic E-state index is 2.44. The van der Waals surface area contributed by atoms with Gasteiger partial charge in [0, 0.05) is 0 Å². The number of fused-ring (bicyclic) bond motifs is 3. The molecule has 0 bridgehead atoms. The topological polar surface area (TPSA) is 0 Å². The molecule has 136 valence electrons. The summed E-state index contributed by atoms with van der Waals surface area (Å²) in [5.41, 5.74) is 9.25. The average Bonchev–Trinajstić information content (AvgIpc) is 3.05. The highest BCUT2D eigenvalue weighted by Gasteiger charge is 2.45. The Balaban J connectivity index is 1.96. The number of rotatable bonds is 3. The normalized spacial score (nSPS) is 14.0. The maximum atomic E-state index is 2.44. The smallest absolute Gasteiger partial charge is 0.0622 e. The Morgan fingerprint density at radius 2 is 1.07 bits per heavy atom. The van der Waals surface area contributed by atoms with Crippen molar-refractivity contribution in [3.8, 4) is 11.1 Å². The highest BCUT2D eigenvalue weighted by atomic mass is 14.5. The number of hydrogen-bond acceptors (Lipinski definition) is 0. The fourth-order valence-corrected chi connectivity index (χ4v) is 4.82. The van der Waals surface area contributed by atoms with E-state index in [9.17, 15) is 0 Å². The monoisotopic (exact) mass is 360 g/mol. The Kier molecular flexibility index (Phi) is 3.94. The summed E-state index contributed by atoms with van der Waals surface area (Å²) in [5, 5.41) is 0. The van der Waals surface area contributed by atoms with Gasteiger partial charge in [-0.15, -0.1) is 0 Å². The van der Waals surface area contributed by atoms with Gasteiger partial charge in [0.15, 0.2) is 0 Å². The van der Waals surface area contributed by atoms with Crippen LogP contribution in [0.1, 0.15) is 47.6 Å². The summed E-state index contributed by atoms with van der Waals surface area (Å²) in [7, 11) is 0. The minimum absolute atomic E-state index is 0.278. The lowest BCUT2D eigenvalue weighted by molar-refractivity contribution is 0.762. The molecule has 0 amide bonds. The van der Waals surface area contributed by atoms with Gasteiger partial charge in [0.1, 0.15) is 0 Å². The van der Waals surface area contributed by atoms with Crippen LogP contribution in [0.2, 0.25) is 0 Å². The number of hydrogen-bond donors (Lipinski definition) is 0. The molecule has 0 aromatic heterocycles. The lowest BCUT2D eigenvalue weighted by Crippen LogP contribution is -2.28. The molecule has 1 aliphatic carbocycles. The summed E-state index contributed by atoms with van der Waals surface area (Å²) in [6.45, 7) is 4.55. The standard InChI is InChI=1S/C28H24/c1-20(2)21-17-18-25-24-15-9-10-16-26(24)28(27(25)19-21,22-11-5-3-6-12-22)23-13-7-4-8-14-23/h3-20H,1-2H3. The van der Waals surface area contributed by atoms with Crippen molar-refractivity contribution in [3.05, 3.63) is 131 Å².